The molecule has 1 saturated heterocycles. The third-order valence-corrected chi connectivity index (χ3v) is 5.17. The van der Waals surface area contributed by atoms with Gasteiger partial charge in [-0.25, -0.2) is 0 Å². The zero-order chi connectivity index (χ0) is 15.4. The molecule has 2 unspecified atom stereocenters. The molecule has 1 N–H and O–H groups in total. The number of carbonyl (C=O) groups excluding carboxylic acids is 1. The van der Waals surface area contributed by atoms with Crippen molar-refractivity contribution < 1.29 is 4.79 Å². The van der Waals surface area contributed by atoms with Gasteiger partial charge < -0.3 is 10.2 Å². The summed E-state index contributed by atoms with van der Waals surface area (Å²) >= 11 is 0. The van der Waals surface area contributed by atoms with Gasteiger partial charge in [0, 0.05) is 25.6 Å². The Bertz CT molecular complexity index is 514. The zero-order valence-electron chi connectivity index (χ0n) is 14.1. The lowest BCUT2D eigenvalue weighted by Gasteiger charge is -2.31. The Morgan fingerprint density at radius 1 is 1.30 bits per heavy atom. The number of rotatable bonds is 5. The molecule has 2 atom stereocenters. The van der Waals surface area contributed by atoms with E-state index in [1.807, 2.05) is 0 Å². The summed E-state index contributed by atoms with van der Waals surface area (Å²) in [6, 6.07) is 9.11. The van der Waals surface area contributed by atoms with Crippen molar-refractivity contribution in [3.05, 3.63) is 35.4 Å². The van der Waals surface area contributed by atoms with E-state index in [9.17, 15) is 4.79 Å². The van der Waals surface area contributed by atoms with Gasteiger partial charge in [-0.1, -0.05) is 31.2 Å². The van der Waals surface area contributed by atoms with Gasteiger partial charge in [-0.3, -0.25) is 4.79 Å². The van der Waals surface area contributed by atoms with Gasteiger partial charge in [0.05, 0.1) is 0 Å². The molecular weight excluding hydrogens is 308 g/mol. The van der Waals surface area contributed by atoms with E-state index in [-0.39, 0.29) is 12.4 Å². The highest BCUT2D eigenvalue weighted by molar-refractivity contribution is 5.85. The number of carbonyl (C=O) groups is 1. The van der Waals surface area contributed by atoms with E-state index in [0.717, 1.165) is 38.9 Å². The van der Waals surface area contributed by atoms with Gasteiger partial charge in [-0.05, 0) is 55.7 Å². The standard InChI is InChI=1S/C19H28N2O.ClH/c1-2-12-21(17-10-11-20-14-17)19(22)13-16-8-5-7-15-6-3-4-9-18(15)16;/h3-4,6,9,16-17,20H,2,5,7-8,10-14H2,1H3;1H. The topological polar surface area (TPSA) is 32.3 Å². The van der Waals surface area contributed by atoms with Crippen LogP contribution in [0.1, 0.15) is 56.1 Å². The van der Waals surface area contributed by atoms with E-state index < -0.39 is 0 Å². The Hall–Kier alpha value is -1.06. The fraction of sp³-hybridized carbons (Fsp3) is 0.632. The van der Waals surface area contributed by atoms with Gasteiger partial charge in [0.25, 0.3) is 0 Å². The highest BCUT2D eigenvalue weighted by Gasteiger charge is 2.29. The summed E-state index contributed by atoms with van der Waals surface area (Å²) in [4.78, 5) is 15.0. The zero-order valence-corrected chi connectivity index (χ0v) is 14.9. The van der Waals surface area contributed by atoms with Crippen LogP contribution in [0.4, 0.5) is 0 Å². The molecule has 0 radical (unpaired) electrons. The molecule has 1 amide bonds. The Morgan fingerprint density at radius 2 is 2.13 bits per heavy atom. The second kappa shape index (κ2) is 8.70. The molecule has 0 spiro atoms. The number of fused-ring (bicyclic) bond motifs is 1. The first-order valence-corrected chi connectivity index (χ1v) is 8.87. The molecular formula is C19H29ClN2O. The SMILES string of the molecule is CCCN(C(=O)CC1CCCc2ccccc21)C1CCNC1.Cl. The number of amides is 1. The molecule has 1 aromatic rings. The maximum absolute atomic E-state index is 12.9. The highest BCUT2D eigenvalue weighted by atomic mass is 35.5. The number of halogens is 1. The van der Waals surface area contributed by atoms with Crippen LogP contribution in [0.25, 0.3) is 0 Å². The van der Waals surface area contributed by atoms with Crippen LogP contribution in [-0.2, 0) is 11.2 Å². The van der Waals surface area contributed by atoms with Crippen LogP contribution in [0, 0.1) is 0 Å². The van der Waals surface area contributed by atoms with Gasteiger partial charge in [-0.15, -0.1) is 12.4 Å². The molecule has 23 heavy (non-hydrogen) atoms. The first-order chi connectivity index (χ1) is 10.8. The third-order valence-electron chi connectivity index (χ3n) is 5.17. The van der Waals surface area contributed by atoms with Crippen LogP contribution in [-0.4, -0.2) is 36.5 Å². The molecule has 1 aliphatic carbocycles. The second-order valence-corrected chi connectivity index (χ2v) is 6.73. The molecule has 0 bridgehead atoms. The van der Waals surface area contributed by atoms with Crippen molar-refractivity contribution in [2.45, 2.75) is 57.4 Å². The Kier molecular flexibility index (Phi) is 6.91. The first-order valence-electron chi connectivity index (χ1n) is 8.87. The minimum atomic E-state index is 0. The number of benzene rings is 1. The monoisotopic (exact) mass is 336 g/mol. The highest BCUT2D eigenvalue weighted by Crippen LogP contribution is 2.34. The normalized spacial score (nSPS) is 23.0. The average Bonchev–Trinajstić information content (AvgIpc) is 3.07. The number of nitrogens with one attached hydrogen (secondary N) is 1. The van der Waals surface area contributed by atoms with Gasteiger partial charge in [-0.2, -0.15) is 0 Å². The van der Waals surface area contributed by atoms with Gasteiger partial charge in [0.1, 0.15) is 0 Å². The largest absolute Gasteiger partial charge is 0.338 e. The molecule has 3 nitrogen and oxygen atoms in total. The van der Waals surface area contributed by atoms with Gasteiger partial charge in [0.15, 0.2) is 0 Å². The van der Waals surface area contributed by atoms with Crippen molar-refractivity contribution in [2.24, 2.45) is 0 Å². The average molecular weight is 337 g/mol. The van der Waals surface area contributed by atoms with Crippen LogP contribution in [0.3, 0.4) is 0 Å². The quantitative estimate of drug-likeness (QED) is 0.892. The minimum absolute atomic E-state index is 0. The second-order valence-electron chi connectivity index (χ2n) is 6.73. The van der Waals surface area contributed by atoms with Gasteiger partial charge >= 0.3 is 0 Å². The predicted octanol–water partition coefficient (Wildman–Crippen LogP) is 3.52. The van der Waals surface area contributed by atoms with Crippen molar-refractivity contribution in [2.75, 3.05) is 19.6 Å². The summed E-state index contributed by atoms with van der Waals surface area (Å²) in [6.07, 6.45) is 6.38. The van der Waals surface area contributed by atoms with Crippen molar-refractivity contribution in [3.63, 3.8) is 0 Å². The summed E-state index contributed by atoms with van der Waals surface area (Å²) in [6.45, 7) is 5.08. The molecule has 0 saturated carbocycles. The summed E-state index contributed by atoms with van der Waals surface area (Å²) in [5.41, 5.74) is 2.87. The molecule has 0 aromatic heterocycles. The van der Waals surface area contributed by atoms with Crippen LogP contribution in [0.5, 0.6) is 0 Å². The molecule has 2 aliphatic rings. The smallest absolute Gasteiger partial charge is 0.223 e. The minimum Gasteiger partial charge on any atom is -0.338 e. The molecule has 4 heteroatoms. The number of nitrogens with zero attached hydrogens (tertiary/aromatic N) is 1. The van der Waals surface area contributed by atoms with Crippen molar-refractivity contribution >= 4 is 18.3 Å². The van der Waals surface area contributed by atoms with Crippen LogP contribution >= 0.6 is 12.4 Å². The summed E-state index contributed by atoms with van der Waals surface area (Å²) < 4.78 is 0. The lowest BCUT2D eigenvalue weighted by Crippen LogP contribution is -2.42. The number of hydrogen-bond donors (Lipinski definition) is 1. The van der Waals surface area contributed by atoms with E-state index in [1.54, 1.807) is 0 Å². The van der Waals surface area contributed by atoms with Crippen LogP contribution < -0.4 is 5.32 Å². The van der Waals surface area contributed by atoms with Crippen molar-refractivity contribution in [3.8, 4) is 0 Å². The van der Waals surface area contributed by atoms with E-state index in [1.165, 1.54) is 24.0 Å². The first kappa shape index (κ1) is 18.3. The molecule has 128 valence electrons. The molecule has 1 aromatic carbocycles. The molecule has 1 heterocycles. The van der Waals surface area contributed by atoms with E-state index in [0.29, 0.717) is 24.3 Å². The third kappa shape index (κ3) is 4.27. The number of aryl methyl sites for hydroxylation is 1. The van der Waals surface area contributed by atoms with Crippen molar-refractivity contribution in [1.29, 1.82) is 0 Å². The molecule has 3 rings (SSSR count). The van der Waals surface area contributed by atoms with Crippen LogP contribution in [0.2, 0.25) is 0 Å². The lowest BCUT2D eigenvalue weighted by atomic mass is 9.81. The van der Waals surface area contributed by atoms with E-state index in [2.05, 4.69) is 41.4 Å². The Morgan fingerprint density at radius 3 is 2.87 bits per heavy atom. The predicted molar refractivity (Wildman–Crippen MR) is 97.3 cm³/mol. The van der Waals surface area contributed by atoms with E-state index >= 15 is 0 Å². The number of hydrogen-bond acceptors (Lipinski definition) is 2. The van der Waals surface area contributed by atoms with Gasteiger partial charge in [0.2, 0.25) is 5.91 Å². The van der Waals surface area contributed by atoms with Crippen molar-refractivity contribution in [1.82, 2.24) is 10.2 Å². The lowest BCUT2D eigenvalue weighted by molar-refractivity contribution is -0.133. The van der Waals surface area contributed by atoms with E-state index in [4.69, 9.17) is 0 Å². The Labute approximate surface area is 146 Å². The molecule has 1 aliphatic heterocycles. The summed E-state index contributed by atoms with van der Waals surface area (Å²) in [5.74, 6) is 0.781. The summed E-state index contributed by atoms with van der Waals surface area (Å²) in [5, 5.41) is 3.39. The molecule has 1 fully saturated rings. The fourth-order valence-electron chi connectivity index (χ4n) is 4.05. The summed E-state index contributed by atoms with van der Waals surface area (Å²) in [7, 11) is 0. The fourth-order valence-corrected chi connectivity index (χ4v) is 4.05. The van der Waals surface area contributed by atoms with Crippen LogP contribution in [0.15, 0.2) is 24.3 Å². The maximum atomic E-state index is 12.9. The maximum Gasteiger partial charge on any atom is 0.223 e. The Balaban J connectivity index is 0.00000192.